The first-order chi connectivity index (χ1) is 10.6. The van der Waals surface area contributed by atoms with Crippen LogP contribution in [0.15, 0.2) is 46.9 Å². The van der Waals surface area contributed by atoms with Crippen LogP contribution in [-0.2, 0) is 0 Å². The fourth-order valence-corrected chi connectivity index (χ4v) is 2.38. The van der Waals surface area contributed by atoms with Crippen LogP contribution < -0.4 is 10.1 Å². The van der Waals surface area contributed by atoms with Gasteiger partial charge >= 0.3 is 0 Å². The molecule has 112 valence electrons. The minimum atomic E-state index is -0.352. The van der Waals surface area contributed by atoms with Gasteiger partial charge in [0.25, 0.3) is 5.91 Å². The number of halogens is 1. The number of fused-ring (bicyclic) bond motifs is 1. The van der Waals surface area contributed by atoms with Gasteiger partial charge in [-0.1, -0.05) is 23.7 Å². The van der Waals surface area contributed by atoms with Gasteiger partial charge in [0.1, 0.15) is 11.3 Å². The molecule has 0 aliphatic heterocycles. The van der Waals surface area contributed by atoms with Crippen LogP contribution in [0.25, 0.3) is 11.0 Å². The van der Waals surface area contributed by atoms with Gasteiger partial charge in [0, 0.05) is 10.4 Å². The second kappa shape index (κ2) is 5.73. The molecule has 0 radical (unpaired) electrons. The summed E-state index contributed by atoms with van der Waals surface area (Å²) >= 11 is 5.95. The van der Waals surface area contributed by atoms with E-state index in [4.69, 9.17) is 20.8 Å². The summed E-state index contributed by atoms with van der Waals surface area (Å²) in [5.41, 5.74) is 2.25. The Bertz CT molecular complexity index is 854. The van der Waals surface area contributed by atoms with E-state index in [0.29, 0.717) is 22.0 Å². The van der Waals surface area contributed by atoms with E-state index in [1.165, 1.54) is 7.11 Å². The zero-order chi connectivity index (χ0) is 15.7. The zero-order valence-electron chi connectivity index (χ0n) is 12.1. The second-order valence-corrected chi connectivity index (χ2v) is 5.39. The van der Waals surface area contributed by atoms with Crippen LogP contribution >= 0.6 is 11.6 Å². The molecule has 3 aromatic rings. The molecule has 0 saturated carbocycles. The molecule has 1 aromatic heterocycles. The van der Waals surface area contributed by atoms with Gasteiger partial charge in [-0.05, 0) is 42.8 Å². The number of ether oxygens (including phenoxy) is 1. The van der Waals surface area contributed by atoms with Crippen molar-refractivity contribution in [2.45, 2.75) is 6.92 Å². The van der Waals surface area contributed by atoms with E-state index in [1.807, 2.05) is 25.1 Å². The van der Waals surface area contributed by atoms with E-state index in [-0.39, 0.29) is 11.7 Å². The van der Waals surface area contributed by atoms with Gasteiger partial charge in [0.2, 0.25) is 0 Å². The molecular weight excluding hydrogens is 302 g/mol. The Morgan fingerprint density at radius 3 is 2.77 bits per heavy atom. The highest BCUT2D eigenvalue weighted by Crippen LogP contribution is 2.29. The average Bonchev–Trinajstić information content (AvgIpc) is 2.90. The highest BCUT2D eigenvalue weighted by molar-refractivity contribution is 6.31. The first-order valence-electron chi connectivity index (χ1n) is 6.72. The monoisotopic (exact) mass is 315 g/mol. The fraction of sp³-hybridized carbons (Fsp3) is 0.118. The molecule has 0 saturated heterocycles. The maximum Gasteiger partial charge on any atom is 0.291 e. The molecule has 0 aliphatic carbocycles. The van der Waals surface area contributed by atoms with Crippen LogP contribution in [0.2, 0.25) is 5.02 Å². The highest BCUT2D eigenvalue weighted by Gasteiger charge is 2.15. The van der Waals surface area contributed by atoms with E-state index in [1.54, 1.807) is 24.3 Å². The Hall–Kier alpha value is -2.46. The van der Waals surface area contributed by atoms with Gasteiger partial charge in [0.15, 0.2) is 5.76 Å². The van der Waals surface area contributed by atoms with Crippen molar-refractivity contribution in [3.05, 3.63) is 58.8 Å². The van der Waals surface area contributed by atoms with Crippen molar-refractivity contribution in [2.24, 2.45) is 0 Å². The molecule has 3 rings (SSSR count). The molecule has 0 bridgehead atoms. The number of aryl methyl sites for hydroxylation is 1. The maximum absolute atomic E-state index is 12.3. The van der Waals surface area contributed by atoms with Crippen LogP contribution in [0.5, 0.6) is 5.75 Å². The van der Waals surface area contributed by atoms with Crippen molar-refractivity contribution in [1.82, 2.24) is 0 Å². The SMILES string of the molecule is COc1ccc(Cl)cc1NC(=O)c1cc2ccc(C)cc2o1. The van der Waals surface area contributed by atoms with Gasteiger partial charge < -0.3 is 14.5 Å². The lowest BCUT2D eigenvalue weighted by molar-refractivity contribution is 0.0998. The lowest BCUT2D eigenvalue weighted by Gasteiger charge is -2.09. The number of hydrogen-bond acceptors (Lipinski definition) is 3. The summed E-state index contributed by atoms with van der Waals surface area (Å²) in [4.78, 5) is 12.3. The minimum Gasteiger partial charge on any atom is -0.495 e. The maximum atomic E-state index is 12.3. The number of carbonyl (C=O) groups is 1. The van der Waals surface area contributed by atoms with Crippen LogP contribution in [0.3, 0.4) is 0 Å². The Labute approximate surface area is 132 Å². The number of rotatable bonds is 3. The number of nitrogens with one attached hydrogen (secondary N) is 1. The molecule has 1 N–H and O–H groups in total. The number of methoxy groups -OCH3 is 1. The van der Waals surface area contributed by atoms with Gasteiger partial charge in [-0.2, -0.15) is 0 Å². The van der Waals surface area contributed by atoms with Crippen LogP contribution in [0, 0.1) is 6.92 Å². The molecular formula is C17H14ClNO3. The molecule has 0 atom stereocenters. The number of carbonyl (C=O) groups excluding carboxylic acids is 1. The predicted molar refractivity (Wildman–Crippen MR) is 86.9 cm³/mol. The summed E-state index contributed by atoms with van der Waals surface area (Å²) in [6.07, 6.45) is 0. The van der Waals surface area contributed by atoms with E-state index < -0.39 is 0 Å². The Balaban J connectivity index is 1.91. The summed E-state index contributed by atoms with van der Waals surface area (Å²) in [5, 5.41) is 4.15. The molecule has 2 aromatic carbocycles. The summed E-state index contributed by atoms with van der Waals surface area (Å²) in [6.45, 7) is 1.97. The lowest BCUT2D eigenvalue weighted by atomic mass is 10.2. The van der Waals surface area contributed by atoms with Crippen molar-refractivity contribution in [2.75, 3.05) is 12.4 Å². The largest absolute Gasteiger partial charge is 0.495 e. The fourth-order valence-electron chi connectivity index (χ4n) is 2.21. The first kappa shape index (κ1) is 14.5. The Morgan fingerprint density at radius 1 is 1.18 bits per heavy atom. The lowest BCUT2D eigenvalue weighted by Crippen LogP contribution is -2.11. The molecule has 1 amide bonds. The minimum absolute atomic E-state index is 0.239. The van der Waals surface area contributed by atoms with Crippen molar-refractivity contribution in [1.29, 1.82) is 0 Å². The quantitative estimate of drug-likeness (QED) is 0.765. The average molecular weight is 316 g/mol. The number of benzene rings is 2. The zero-order valence-corrected chi connectivity index (χ0v) is 12.9. The van der Waals surface area contributed by atoms with Crippen LogP contribution in [-0.4, -0.2) is 13.0 Å². The van der Waals surface area contributed by atoms with Gasteiger partial charge in [-0.25, -0.2) is 0 Å². The second-order valence-electron chi connectivity index (χ2n) is 4.95. The molecule has 0 fully saturated rings. The van der Waals surface area contributed by atoms with Gasteiger partial charge in [-0.15, -0.1) is 0 Å². The molecule has 4 nitrogen and oxygen atoms in total. The number of furan rings is 1. The normalized spacial score (nSPS) is 10.7. The van der Waals surface area contributed by atoms with Crippen molar-refractivity contribution >= 4 is 34.2 Å². The summed E-state index contributed by atoms with van der Waals surface area (Å²) in [6, 6.07) is 12.5. The number of anilines is 1. The van der Waals surface area contributed by atoms with E-state index >= 15 is 0 Å². The third-order valence-electron chi connectivity index (χ3n) is 3.31. The number of hydrogen-bond donors (Lipinski definition) is 1. The highest BCUT2D eigenvalue weighted by atomic mass is 35.5. The molecule has 22 heavy (non-hydrogen) atoms. The van der Waals surface area contributed by atoms with Gasteiger partial charge in [-0.3, -0.25) is 4.79 Å². The van der Waals surface area contributed by atoms with E-state index in [9.17, 15) is 4.79 Å². The molecule has 0 unspecified atom stereocenters. The topological polar surface area (TPSA) is 51.5 Å². The first-order valence-corrected chi connectivity index (χ1v) is 7.10. The number of amides is 1. The van der Waals surface area contributed by atoms with Crippen molar-refractivity contribution < 1.29 is 13.9 Å². The molecule has 0 spiro atoms. The third-order valence-corrected chi connectivity index (χ3v) is 3.54. The Morgan fingerprint density at radius 2 is 2.00 bits per heavy atom. The Kier molecular flexibility index (Phi) is 3.77. The summed E-state index contributed by atoms with van der Waals surface area (Å²) < 4.78 is 10.8. The molecule has 5 heteroatoms. The standard InChI is InChI=1S/C17H14ClNO3/c1-10-3-4-11-8-16(22-15(11)7-10)17(20)19-13-9-12(18)5-6-14(13)21-2/h3-9H,1-2H3,(H,19,20). The van der Waals surface area contributed by atoms with Crippen molar-refractivity contribution in [3.63, 3.8) is 0 Å². The van der Waals surface area contributed by atoms with E-state index in [0.717, 1.165) is 10.9 Å². The van der Waals surface area contributed by atoms with Gasteiger partial charge in [0.05, 0.1) is 12.8 Å². The smallest absolute Gasteiger partial charge is 0.291 e. The molecule has 0 aliphatic rings. The van der Waals surface area contributed by atoms with E-state index in [2.05, 4.69) is 5.32 Å². The van der Waals surface area contributed by atoms with Crippen LogP contribution in [0.1, 0.15) is 16.1 Å². The summed E-state index contributed by atoms with van der Waals surface area (Å²) in [7, 11) is 1.53. The predicted octanol–water partition coefficient (Wildman–Crippen LogP) is 4.66. The van der Waals surface area contributed by atoms with Crippen LogP contribution in [0.4, 0.5) is 5.69 Å². The molecule has 1 heterocycles. The third kappa shape index (κ3) is 2.78. The summed E-state index contributed by atoms with van der Waals surface area (Å²) in [5.74, 6) is 0.418. The van der Waals surface area contributed by atoms with Crippen molar-refractivity contribution in [3.8, 4) is 5.75 Å².